The Morgan fingerprint density at radius 2 is 2.00 bits per heavy atom. The SMILES string of the molecule is CN1CCCC2CNCC21.c1ccncc1. The van der Waals surface area contributed by atoms with Gasteiger partial charge in [-0.3, -0.25) is 4.98 Å². The van der Waals surface area contributed by atoms with E-state index in [4.69, 9.17) is 0 Å². The number of likely N-dealkylation sites (N-methyl/N-ethyl adjacent to an activating group) is 1. The molecule has 1 N–H and O–H groups in total. The molecule has 0 spiro atoms. The van der Waals surface area contributed by atoms with E-state index >= 15 is 0 Å². The fraction of sp³-hybridized carbons (Fsp3) is 0.615. The molecule has 2 fully saturated rings. The molecule has 2 saturated heterocycles. The first-order chi connectivity index (χ1) is 7.88. The van der Waals surface area contributed by atoms with Crippen LogP contribution in [0.2, 0.25) is 0 Å². The highest BCUT2D eigenvalue weighted by molar-refractivity contribution is 4.90. The zero-order chi connectivity index (χ0) is 11.2. The van der Waals surface area contributed by atoms with E-state index in [2.05, 4.69) is 22.2 Å². The summed E-state index contributed by atoms with van der Waals surface area (Å²) in [6.07, 6.45) is 6.35. The molecule has 2 aliphatic rings. The lowest BCUT2D eigenvalue weighted by Gasteiger charge is -2.33. The van der Waals surface area contributed by atoms with Crippen molar-refractivity contribution in [1.82, 2.24) is 15.2 Å². The molecular weight excluding hydrogens is 198 g/mol. The number of likely N-dealkylation sites (tertiary alicyclic amines) is 1. The van der Waals surface area contributed by atoms with Crippen LogP contribution in [-0.4, -0.2) is 42.6 Å². The van der Waals surface area contributed by atoms with Crippen LogP contribution in [0, 0.1) is 5.92 Å². The van der Waals surface area contributed by atoms with Crippen LogP contribution in [-0.2, 0) is 0 Å². The highest BCUT2D eigenvalue weighted by Crippen LogP contribution is 2.24. The third-order valence-corrected chi connectivity index (χ3v) is 3.52. The number of rotatable bonds is 0. The lowest BCUT2D eigenvalue weighted by Crippen LogP contribution is -2.42. The quantitative estimate of drug-likeness (QED) is 0.714. The van der Waals surface area contributed by atoms with Gasteiger partial charge in [-0.15, -0.1) is 0 Å². The van der Waals surface area contributed by atoms with E-state index in [0.717, 1.165) is 12.0 Å². The number of aromatic nitrogens is 1. The summed E-state index contributed by atoms with van der Waals surface area (Å²) in [5.41, 5.74) is 0. The van der Waals surface area contributed by atoms with Gasteiger partial charge in [0.15, 0.2) is 0 Å². The van der Waals surface area contributed by atoms with Gasteiger partial charge in [-0.1, -0.05) is 6.07 Å². The molecule has 3 nitrogen and oxygen atoms in total. The van der Waals surface area contributed by atoms with Crippen LogP contribution >= 0.6 is 0 Å². The van der Waals surface area contributed by atoms with E-state index in [1.54, 1.807) is 12.4 Å². The summed E-state index contributed by atoms with van der Waals surface area (Å²) in [6, 6.07) is 6.57. The van der Waals surface area contributed by atoms with Crippen molar-refractivity contribution in [3.8, 4) is 0 Å². The molecule has 88 valence electrons. The second kappa shape index (κ2) is 5.97. The summed E-state index contributed by atoms with van der Waals surface area (Å²) in [6.45, 7) is 3.79. The molecule has 3 heteroatoms. The number of nitrogens with one attached hydrogen (secondary N) is 1. The van der Waals surface area contributed by atoms with Gasteiger partial charge in [0.05, 0.1) is 0 Å². The van der Waals surface area contributed by atoms with Crippen molar-refractivity contribution in [2.24, 2.45) is 5.92 Å². The topological polar surface area (TPSA) is 28.2 Å². The minimum atomic E-state index is 0.855. The Labute approximate surface area is 97.9 Å². The van der Waals surface area contributed by atoms with Gasteiger partial charge >= 0.3 is 0 Å². The normalized spacial score (nSPS) is 29.1. The van der Waals surface area contributed by atoms with E-state index in [-0.39, 0.29) is 0 Å². The Kier molecular flexibility index (Phi) is 4.31. The van der Waals surface area contributed by atoms with E-state index in [0.29, 0.717) is 0 Å². The van der Waals surface area contributed by atoms with Gasteiger partial charge in [0.25, 0.3) is 0 Å². The lowest BCUT2D eigenvalue weighted by atomic mass is 9.93. The van der Waals surface area contributed by atoms with E-state index < -0.39 is 0 Å². The van der Waals surface area contributed by atoms with Crippen molar-refractivity contribution >= 4 is 0 Å². The molecule has 2 aliphatic heterocycles. The molecule has 16 heavy (non-hydrogen) atoms. The summed E-state index contributed by atoms with van der Waals surface area (Å²) in [5, 5.41) is 3.45. The second-order valence-electron chi connectivity index (χ2n) is 4.63. The number of piperidine rings is 1. The third-order valence-electron chi connectivity index (χ3n) is 3.52. The molecule has 0 saturated carbocycles. The molecule has 2 unspecified atom stereocenters. The summed E-state index contributed by atoms with van der Waals surface area (Å²) in [7, 11) is 2.25. The highest BCUT2D eigenvalue weighted by Gasteiger charge is 2.32. The molecule has 0 bridgehead atoms. The minimum Gasteiger partial charge on any atom is -0.315 e. The molecule has 0 aromatic carbocycles. The average molecular weight is 219 g/mol. The Balaban J connectivity index is 0.000000138. The van der Waals surface area contributed by atoms with Crippen molar-refractivity contribution in [1.29, 1.82) is 0 Å². The molecular formula is C13H21N3. The fourth-order valence-corrected chi connectivity index (χ4v) is 2.61. The van der Waals surface area contributed by atoms with Crippen molar-refractivity contribution in [3.63, 3.8) is 0 Å². The van der Waals surface area contributed by atoms with Crippen LogP contribution in [0.4, 0.5) is 0 Å². The van der Waals surface area contributed by atoms with Crippen molar-refractivity contribution in [2.45, 2.75) is 18.9 Å². The summed E-state index contributed by atoms with van der Waals surface area (Å²) < 4.78 is 0. The van der Waals surface area contributed by atoms with Gasteiger partial charge in [0, 0.05) is 25.0 Å². The first-order valence-corrected chi connectivity index (χ1v) is 6.14. The zero-order valence-corrected chi connectivity index (χ0v) is 9.97. The molecule has 0 aliphatic carbocycles. The maximum atomic E-state index is 3.78. The van der Waals surface area contributed by atoms with Gasteiger partial charge in [0.2, 0.25) is 0 Å². The largest absolute Gasteiger partial charge is 0.315 e. The second-order valence-corrected chi connectivity index (χ2v) is 4.63. The van der Waals surface area contributed by atoms with Gasteiger partial charge in [-0.2, -0.15) is 0 Å². The van der Waals surface area contributed by atoms with Crippen LogP contribution in [0.5, 0.6) is 0 Å². The monoisotopic (exact) mass is 219 g/mol. The van der Waals surface area contributed by atoms with Crippen molar-refractivity contribution in [2.75, 3.05) is 26.7 Å². The predicted octanol–water partition coefficient (Wildman–Crippen LogP) is 1.38. The number of nitrogens with zero attached hydrogens (tertiary/aromatic N) is 2. The molecule has 1 aromatic heterocycles. The maximum absolute atomic E-state index is 3.78. The van der Waals surface area contributed by atoms with Crippen LogP contribution < -0.4 is 5.32 Å². The van der Waals surface area contributed by atoms with Gasteiger partial charge in [-0.05, 0) is 51.0 Å². The molecule has 3 rings (SSSR count). The Morgan fingerprint density at radius 1 is 1.19 bits per heavy atom. The number of hydrogen-bond donors (Lipinski definition) is 1. The first-order valence-electron chi connectivity index (χ1n) is 6.14. The molecule has 2 atom stereocenters. The van der Waals surface area contributed by atoms with Crippen LogP contribution in [0.1, 0.15) is 12.8 Å². The summed E-state index contributed by atoms with van der Waals surface area (Å²) in [5.74, 6) is 0.957. The minimum absolute atomic E-state index is 0.855. The van der Waals surface area contributed by atoms with Crippen molar-refractivity contribution < 1.29 is 0 Å². The van der Waals surface area contributed by atoms with Crippen LogP contribution in [0.25, 0.3) is 0 Å². The van der Waals surface area contributed by atoms with Gasteiger partial charge in [-0.25, -0.2) is 0 Å². The number of pyridine rings is 1. The number of hydrogen-bond acceptors (Lipinski definition) is 3. The molecule has 0 amide bonds. The molecule has 0 radical (unpaired) electrons. The zero-order valence-electron chi connectivity index (χ0n) is 9.97. The van der Waals surface area contributed by atoms with Crippen molar-refractivity contribution in [3.05, 3.63) is 30.6 Å². The van der Waals surface area contributed by atoms with E-state index in [9.17, 15) is 0 Å². The van der Waals surface area contributed by atoms with Gasteiger partial charge < -0.3 is 10.2 Å². The Bertz CT molecular complexity index is 262. The summed E-state index contributed by atoms with van der Waals surface area (Å²) in [4.78, 5) is 6.29. The highest BCUT2D eigenvalue weighted by atomic mass is 15.2. The van der Waals surface area contributed by atoms with E-state index in [1.165, 1.54) is 32.5 Å². The molecule has 3 heterocycles. The smallest absolute Gasteiger partial charge is 0.0267 e. The number of fused-ring (bicyclic) bond motifs is 1. The Morgan fingerprint density at radius 3 is 2.56 bits per heavy atom. The average Bonchev–Trinajstić information content (AvgIpc) is 2.82. The predicted molar refractivity (Wildman–Crippen MR) is 66.2 cm³/mol. The van der Waals surface area contributed by atoms with E-state index in [1.807, 2.05) is 18.2 Å². The van der Waals surface area contributed by atoms with Crippen LogP contribution in [0.3, 0.4) is 0 Å². The van der Waals surface area contributed by atoms with Gasteiger partial charge in [0.1, 0.15) is 0 Å². The van der Waals surface area contributed by atoms with Crippen LogP contribution in [0.15, 0.2) is 30.6 Å². The third kappa shape index (κ3) is 3.03. The Hall–Kier alpha value is -0.930. The summed E-state index contributed by atoms with van der Waals surface area (Å²) >= 11 is 0. The first kappa shape index (κ1) is 11.6. The fourth-order valence-electron chi connectivity index (χ4n) is 2.61. The maximum Gasteiger partial charge on any atom is 0.0267 e. The standard InChI is InChI=1S/C8H16N2.C5H5N/c1-10-4-2-3-7-5-9-6-8(7)10;1-2-4-6-5-3-1/h7-9H,2-6H2,1H3;1-5H. The molecule has 1 aromatic rings. The lowest BCUT2D eigenvalue weighted by molar-refractivity contribution is 0.158.